The third-order valence-electron chi connectivity index (χ3n) is 16.4. The molecule has 2 N–H and O–H groups in total. The van der Waals surface area contributed by atoms with E-state index in [0.717, 1.165) is 70.3 Å². The van der Waals surface area contributed by atoms with Gasteiger partial charge in [-0.3, -0.25) is 24.2 Å². The Hall–Kier alpha value is -8.36. The molecule has 0 spiro atoms. The average molecular weight is 1440 g/mol. The topological polar surface area (TPSA) is 331 Å². The number of nitrogens with zero attached hydrogens (tertiary/aromatic N) is 4. The number of carbonyl (C=O) groups is 8. The summed E-state index contributed by atoms with van der Waals surface area (Å²) in [5, 5.41) is 4.48. The van der Waals surface area contributed by atoms with E-state index in [1.54, 1.807) is 20.8 Å². The van der Waals surface area contributed by atoms with E-state index in [1.807, 2.05) is 0 Å². The first-order chi connectivity index (χ1) is 47.2. The minimum Gasteiger partial charge on any atom is -0.462 e. The minimum absolute atomic E-state index is 0.00767. The molecule has 0 radical (unpaired) electrons. The smallest absolute Gasteiger partial charge is 0.407 e. The largest absolute Gasteiger partial charge is 0.462 e. The molecule has 3 saturated carbocycles. The number of carbonyl (C=O) groups excluding carboxylic acids is 8. The third-order valence-corrected chi connectivity index (χ3v) is 16.4. The van der Waals surface area contributed by atoms with Gasteiger partial charge in [0.25, 0.3) is 0 Å². The number of aromatic nitrogens is 3. The van der Waals surface area contributed by atoms with Crippen LogP contribution in [0.5, 0.6) is 0 Å². The van der Waals surface area contributed by atoms with Crippen molar-refractivity contribution < 1.29 is 86.0 Å². The van der Waals surface area contributed by atoms with Crippen LogP contribution >= 0.6 is 0 Å². The molecule has 1 heterocycles. The van der Waals surface area contributed by atoms with Crippen LogP contribution in [0.3, 0.4) is 0 Å². The predicted molar refractivity (Wildman–Crippen MR) is 388 cm³/mol. The van der Waals surface area contributed by atoms with E-state index in [4.69, 9.17) is 47.7 Å². The molecule has 3 unspecified atom stereocenters. The molecule has 4 rings (SSSR count). The molecule has 0 saturated heterocycles. The van der Waals surface area contributed by atoms with Gasteiger partial charge in [0.2, 0.25) is 6.40 Å². The zero-order valence-electron chi connectivity index (χ0n) is 64.2. The Kier molecular flexibility index (Phi) is 38.6. The molecule has 3 atom stereocenters. The molecular weight excluding hydrogens is 1320 g/mol. The molecule has 0 aliphatic heterocycles. The molecular formula is C75H120N6O21. The van der Waals surface area contributed by atoms with Gasteiger partial charge in [0.15, 0.2) is 0 Å². The second kappa shape index (κ2) is 42.9. The number of ether oxygens (including phenoxy) is 8. The van der Waals surface area contributed by atoms with Gasteiger partial charge >= 0.3 is 65.1 Å². The van der Waals surface area contributed by atoms with Crippen LogP contribution in [-0.4, -0.2) is 147 Å². The van der Waals surface area contributed by atoms with Crippen molar-refractivity contribution in [1.29, 1.82) is 0 Å². The van der Waals surface area contributed by atoms with Gasteiger partial charge in [0, 0.05) is 63.8 Å². The van der Waals surface area contributed by atoms with E-state index in [9.17, 15) is 52.7 Å². The van der Waals surface area contributed by atoms with Crippen molar-refractivity contribution in [3.8, 4) is 0 Å². The summed E-state index contributed by atoms with van der Waals surface area (Å²) in [6, 6.07) is -0.636. The van der Waals surface area contributed by atoms with E-state index in [1.165, 1.54) is 47.0 Å². The second-order valence-corrected chi connectivity index (χ2v) is 31.3. The number of amides is 2. The first-order valence-electron chi connectivity index (χ1n) is 34.4. The molecule has 576 valence electrons. The highest BCUT2D eigenvalue weighted by Gasteiger charge is 2.46. The van der Waals surface area contributed by atoms with Crippen molar-refractivity contribution in [2.75, 3.05) is 60.8 Å². The Morgan fingerprint density at radius 3 is 1.06 bits per heavy atom. The van der Waals surface area contributed by atoms with Crippen LogP contribution in [0.1, 0.15) is 218 Å². The fourth-order valence-electron chi connectivity index (χ4n) is 14.0. The summed E-state index contributed by atoms with van der Waals surface area (Å²) in [5.41, 5.74) is 0.578. The Morgan fingerprint density at radius 1 is 0.490 bits per heavy atom. The highest BCUT2D eigenvalue weighted by molar-refractivity contribution is 5.87. The van der Waals surface area contributed by atoms with Crippen molar-refractivity contribution in [2.24, 2.45) is 37.5 Å². The summed E-state index contributed by atoms with van der Waals surface area (Å²) in [7, 11) is 4.27. The van der Waals surface area contributed by atoms with Gasteiger partial charge in [-0.1, -0.05) is 135 Å². The third kappa shape index (κ3) is 36.0. The van der Waals surface area contributed by atoms with Crippen molar-refractivity contribution in [2.45, 2.75) is 237 Å². The summed E-state index contributed by atoms with van der Waals surface area (Å²) in [6.45, 7) is 53.3. The summed E-state index contributed by atoms with van der Waals surface area (Å²) >= 11 is 0. The summed E-state index contributed by atoms with van der Waals surface area (Å²) in [6.07, 6.45) is 8.74. The Morgan fingerprint density at radius 2 is 0.794 bits per heavy atom. The van der Waals surface area contributed by atoms with Crippen LogP contribution < -0.4 is 27.7 Å². The van der Waals surface area contributed by atoms with E-state index >= 15 is 0 Å². The Labute approximate surface area is 603 Å². The van der Waals surface area contributed by atoms with Crippen molar-refractivity contribution in [3.63, 3.8) is 0 Å². The summed E-state index contributed by atoms with van der Waals surface area (Å²) in [5.74, 6) is -3.37. The molecule has 3 fully saturated rings. The van der Waals surface area contributed by atoms with Gasteiger partial charge in [-0.25, -0.2) is 47.3 Å². The van der Waals surface area contributed by atoms with E-state index < -0.39 is 66.3 Å². The lowest BCUT2D eigenvalue weighted by molar-refractivity contribution is -0.260. The number of nitrogens with one attached hydrogen (secondary N) is 2. The standard InChI is InChI=1S/C33H57N3O3.3C14H21NO6/c1-28(2)13-22(14-29(3,4)19-28)34-25(37)35(23-15-30(5,6)20-31(7,8)16-23)27(39)36(26(34)38)24-17-32(9,10)21-33(11,12)18-24;1-5-13(16)18-8-6-12(21-20-10-15-4)7-9-19-14(17)11(2)3;2*1-5-6-19-12(16)7-11(21-14(18)15-4)8-13(17)20-9-10(2)3/h22-24H,13-21H2,1-12H3;5,10,12H,1-2,6-9H2,3-4H3;2*5,11H,1-2,6-9H2,3-4H3,(H,15,18). The quantitative estimate of drug-likeness (QED) is 0.00989. The zero-order valence-corrected chi connectivity index (χ0v) is 64.2. The van der Waals surface area contributed by atoms with Crippen LogP contribution in [0.15, 0.2) is 93.8 Å². The van der Waals surface area contributed by atoms with Crippen molar-refractivity contribution in [1.82, 2.24) is 24.3 Å². The van der Waals surface area contributed by atoms with Crippen LogP contribution in [0, 0.1) is 32.5 Å². The Bertz CT molecular complexity index is 2960. The van der Waals surface area contributed by atoms with Gasteiger partial charge in [-0.15, -0.1) is 0 Å². The summed E-state index contributed by atoms with van der Waals surface area (Å²) < 4.78 is 43.6. The van der Waals surface area contributed by atoms with Crippen LogP contribution in [-0.2, 0) is 76.4 Å². The molecule has 1 aromatic rings. The highest BCUT2D eigenvalue weighted by atomic mass is 17.2. The molecule has 0 aromatic carbocycles. The number of esters is 6. The molecule has 3 aliphatic rings. The lowest BCUT2D eigenvalue weighted by atomic mass is 9.63. The Balaban J connectivity index is 0.000000718. The lowest BCUT2D eigenvalue weighted by Gasteiger charge is -2.47. The number of aliphatic imine (C=N–C) groups is 1. The molecule has 27 heteroatoms. The second-order valence-electron chi connectivity index (χ2n) is 31.3. The van der Waals surface area contributed by atoms with Crippen molar-refractivity contribution >= 4 is 54.4 Å². The zero-order chi connectivity index (χ0) is 78.1. The summed E-state index contributed by atoms with van der Waals surface area (Å²) in [4.78, 5) is 147. The predicted octanol–water partition coefficient (Wildman–Crippen LogP) is 11.8. The monoisotopic (exact) mass is 1440 g/mol. The fraction of sp³-hybridized carbons (Fsp3) is 0.680. The number of rotatable bonds is 32. The van der Waals surface area contributed by atoms with E-state index in [-0.39, 0.29) is 133 Å². The number of hydrogen-bond donors (Lipinski definition) is 2. The SMILES string of the molecule is C=CC(=O)OCCC(CCOC(=O)C(=C)C)OOC=NC.C=CCOC(=O)CC(CC(=O)OCC(=C)C)OC(=O)NC.C=CCOC(=O)CC(CC(=O)OCC(=C)C)OC(=O)NC.CC1(C)CC(n2c(=O)n(C3CC(C)(C)CC(C)(C)C3)c(=O)n(C3CC(C)(C)CC(C)(C)C3)c2=O)CC(C)(C)C1. The lowest BCUT2D eigenvalue weighted by Crippen LogP contribution is -2.60. The first kappa shape index (κ1) is 91.7. The van der Waals surface area contributed by atoms with E-state index in [0.29, 0.717) is 29.6 Å². The fourth-order valence-corrected chi connectivity index (χ4v) is 14.0. The number of alkyl carbamates (subject to hydrolysis) is 2. The highest BCUT2D eigenvalue weighted by Crippen LogP contribution is 2.52. The average Bonchev–Trinajstić information content (AvgIpc) is 0.731. The van der Waals surface area contributed by atoms with Gasteiger partial charge in [0.1, 0.15) is 44.7 Å². The normalized spacial score (nSPS) is 17.7. The molecule has 2 amide bonds. The van der Waals surface area contributed by atoms with Gasteiger partial charge < -0.3 is 53.4 Å². The minimum atomic E-state index is -0.958. The molecule has 27 nitrogen and oxygen atoms in total. The number of hydrogen-bond acceptors (Lipinski definition) is 22. The molecule has 0 bridgehead atoms. The van der Waals surface area contributed by atoms with Gasteiger partial charge in [-0.05, 0) is 122 Å². The first-order valence-corrected chi connectivity index (χ1v) is 34.4. The maximum Gasteiger partial charge on any atom is 0.407 e. The molecule has 3 aliphatic carbocycles. The maximum atomic E-state index is 14.5. The van der Waals surface area contributed by atoms with Crippen LogP contribution in [0.2, 0.25) is 0 Å². The van der Waals surface area contributed by atoms with Gasteiger partial charge in [-0.2, -0.15) is 4.89 Å². The maximum absolute atomic E-state index is 14.5. The molecule has 102 heavy (non-hydrogen) atoms. The van der Waals surface area contributed by atoms with Gasteiger partial charge in [0.05, 0.1) is 38.9 Å². The van der Waals surface area contributed by atoms with E-state index in [2.05, 4.69) is 138 Å². The van der Waals surface area contributed by atoms with Crippen molar-refractivity contribution in [3.05, 3.63) is 106 Å². The molecule has 1 aromatic heterocycles. The van der Waals surface area contributed by atoms with Crippen LogP contribution in [0.25, 0.3) is 0 Å². The van der Waals surface area contributed by atoms with Crippen LogP contribution in [0.4, 0.5) is 9.59 Å².